The Hall–Kier alpha value is -1.97. The van der Waals surface area contributed by atoms with E-state index in [1.165, 1.54) is 4.90 Å². The van der Waals surface area contributed by atoms with Gasteiger partial charge in [0, 0.05) is 19.4 Å². The summed E-state index contributed by atoms with van der Waals surface area (Å²) in [6.07, 6.45) is 0.751. The second kappa shape index (κ2) is 4.49. The molecule has 0 N–H and O–H groups in total. The highest BCUT2D eigenvalue weighted by atomic mass is 16.2. The van der Waals surface area contributed by atoms with Gasteiger partial charge in [0.05, 0.1) is 11.3 Å². The summed E-state index contributed by atoms with van der Waals surface area (Å²) in [5, 5.41) is 0. The minimum absolute atomic E-state index is 0.0923. The van der Waals surface area contributed by atoms with Gasteiger partial charge in [-0.05, 0) is 12.1 Å². The molecule has 0 saturated carbocycles. The van der Waals surface area contributed by atoms with Crippen molar-refractivity contribution in [1.82, 2.24) is 0 Å². The number of carbonyl (C=O) groups excluding carboxylic acids is 3. The zero-order valence-corrected chi connectivity index (χ0v) is 9.60. The van der Waals surface area contributed by atoms with E-state index in [0.717, 1.165) is 0 Å². The van der Waals surface area contributed by atoms with Crippen LogP contribution >= 0.6 is 0 Å². The molecule has 1 aromatic rings. The number of amides is 1. The number of anilines is 1. The Labute approximate surface area is 99.2 Å². The lowest BCUT2D eigenvalue weighted by Crippen LogP contribution is -2.31. The molecule has 0 spiro atoms. The maximum atomic E-state index is 11.7. The third-order valence-electron chi connectivity index (χ3n) is 2.89. The molecule has 0 saturated heterocycles. The molecule has 0 aromatic heterocycles. The van der Waals surface area contributed by atoms with Crippen molar-refractivity contribution in [3.05, 3.63) is 29.8 Å². The van der Waals surface area contributed by atoms with Crippen LogP contribution in [0.3, 0.4) is 0 Å². The molecule has 0 bridgehead atoms. The van der Waals surface area contributed by atoms with Crippen LogP contribution in [-0.2, 0) is 9.59 Å². The number of rotatable bonds is 4. The lowest BCUT2D eigenvalue weighted by Gasteiger charge is -2.15. The second-order valence-corrected chi connectivity index (χ2v) is 3.95. The van der Waals surface area contributed by atoms with E-state index in [2.05, 4.69) is 0 Å². The zero-order chi connectivity index (χ0) is 12.4. The van der Waals surface area contributed by atoms with Crippen LogP contribution in [0.25, 0.3) is 0 Å². The fourth-order valence-electron chi connectivity index (χ4n) is 1.88. The summed E-state index contributed by atoms with van der Waals surface area (Å²) in [4.78, 5) is 36.0. The average molecular weight is 231 g/mol. The number of carbonyl (C=O) groups is 3. The summed E-state index contributed by atoms with van der Waals surface area (Å²) in [5.74, 6) is -0.922. The smallest absolute Gasteiger partial charge is 0.299 e. The van der Waals surface area contributed by atoms with Gasteiger partial charge in [0.2, 0.25) is 0 Å². The largest absolute Gasteiger partial charge is 0.304 e. The topological polar surface area (TPSA) is 54.5 Å². The molecule has 1 amide bonds. The molecule has 1 aliphatic heterocycles. The fraction of sp³-hybridized carbons (Fsp3) is 0.308. The predicted octanol–water partition coefficient (Wildman–Crippen LogP) is 1.59. The molecular formula is C13H13NO3. The van der Waals surface area contributed by atoms with Crippen LogP contribution in [0.5, 0.6) is 0 Å². The van der Waals surface area contributed by atoms with E-state index in [4.69, 9.17) is 0 Å². The third-order valence-corrected chi connectivity index (χ3v) is 2.89. The van der Waals surface area contributed by atoms with E-state index in [0.29, 0.717) is 24.1 Å². The first-order valence-electron chi connectivity index (χ1n) is 5.62. The fourth-order valence-corrected chi connectivity index (χ4v) is 1.88. The van der Waals surface area contributed by atoms with E-state index in [-0.39, 0.29) is 12.3 Å². The highest BCUT2D eigenvalue weighted by molar-refractivity contribution is 6.52. The number of nitrogens with zero attached hydrogens (tertiary/aromatic N) is 1. The maximum absolute atomic E-state index is 11.7. The maximum Gasteiger partial charge on any atom is 0.299 e. The van der Waals surface area contributed by atoms with Crippen molar-refractivity contribution in [2.24, 2.45) is 0 Å². The zero-order valence-electron chi connectivity index (χ0n) is 9.60. The molecule has 0 unspecified atom stereocenters. The molecule has 2 rings (SSSR count). The summed E-state index contributed by atoms with van der Waals surface area (Å²) >= 11 is 0. The number of benzene rings is 1. The first-order valence-corrected chi connectivity index (χ1v) is 5.62. The molecule has 88 valence electrons. The standard InChI is InChI=1S/C13H13NO3/c1-2-9(15)7-8-14-11-6-4-3-5-10(11)12(16)13(14)17/h3-6H,2,7-8H2,1H3. The number of fused-ring (bicyclic) bond motifs is 1. The van der Waals surface area contributed by atoms with Gasteiger partial charge in [0.15, 0.2) is 0 Å². The molecule has 4 nitrogen and oxygen atoms in total. The summed E-state index contributed by atoms with van der Waals surface area (Å²) in [6.45, 7) is 2.07. The van der Waals surface area contributed by atoms with Gasteiger partial charge in [-0.3, -0.25) is 14.4 Å². The molecule has 1 heterocycles. The predicted molar refractivity (Wildman–Crippen MR) is 63.0 cm³/mol. The van der Waals surface area contributed by atoms with Crippen molar-refractivity contribution >= 4 is 23.2 Å². The van der Waals surface area contributed by atoms with Gasteiger partial charge in [-0.25, -0.2) is 0 Å². The van der Waals surface area contributed by atoms with Gasteiger partial charge < -0.3 is 4.90 Å². The highest BCUT2D eigenvalue weighted by Gasteiger charge is 2.35. The first-order chi connectivity index (χ1) is 8.15. The van der Waals surface area contributed by atoms with Crippen LogP contribution in [0.2, 0.25) is 0 Å². The molecule has 0 fully saturated rings. The Balaban J connectivity index is 2.21. The number of hydrogen-bond donors (Lipinski definition) is 0. The van der Waals surface area contributed by atoms with Crippen molar-refractivity contribution in [1.29, 1.82) is 0 Å². The van der Waals surface area contributed by atoms with Crippen LogP contribution in [0.15, 0.2) is 24.3 Å². The Morgan fingerprint density at radius 2 is 1.94 bits per heavy atom. The van der Waals surface area contributed by atoms with Crippen LogP contribution < -0.4 is 4.90 Å². The van der Waals surface area contributed by atoms with Gasteiger partial charge in [-0.1, -0.05) is 19.1 Å². The van der Waals surface area contributed by atoms with E-state index >= 15 is 0 Å². The minimum atomic E-state index is -0.532. The van der Waals surface area contributed by atoms with Crippen molar-refractivity contribution in [3.8, 4) is 0 Å². The number of hydrogen-bond acceptors (Lipinski definition) is 3. The summed E-state index contributed by atoms with van der Waals surface area (Å²) in [5.41, 5.74) is 1.05. The van der Waals surface area contributed by atoms with Gasteiger partial charge in [0.1, 0.15) is 5.78 Å². The Morgan fingerprint density at radius 3 is 2.65 bits per heavy atom. The molecule has 0 radical (unpaired) electrons. The molecule has 1 aromatic carbocycles. The lowest BCUT2D eigenvalue weighted by molar-refractivity contribution is -0.118. The normalized spacial score (nSPS) is 14.1. The Morgan fingerprint density at radius 1 is 1.24 bits per heavy atom. The Bertz CT molecular complexity index is 493. The highest BCUT2D eigenvalue weighted by Crippen LogP contribution is 2.28. The quantitative estimate of drug-likeness (QED) is 0.739. The van der Waals surface area contributed by atoms with Crippen LogP contribution in [-0.4, -0.2) is 24.0 Å². The van der Waals surface area contributed by atoms with E-state index in [1.807, 2.05) is 0 Å². The van der Waals surface area contributed by atoms with Crippen LogP contribution in [0.4, 0.5) is 5.69 Å². The number of Topliss-reactive ketones (excluding diaryl/α,β-unsaturated/α-hetero) is 2. The van der Waals surface area contributed by atoms with Crippen molar-refractivity contribution in [3.63, 3.8) is 0 Å². The monoisotopic (exact) mass is 231 g/mol. The summed E-state index contributed by atoms with van der Waals surface area (Å²) < 4.78 is 0. The average Bonchev–Trinajstić information content (AvgIpc) is 2.60. The first kappa shape index (κ1) is 11.5. The molecule has 17 heavy (non-hydrogen) atoms. The van der Waals surface area contributed by atoms with Gasteiger partial charge in [-0.2, -0.15) is 0 Å². The molecule has 4 heteroatoms. The lowest BCUT2D eigenvalue weighted by atomic mass is 10.1. The SMILES string of the molecule is CCC(=O)CCN1C(=O)C(=O)c2ccccc21. The van der Waals surface area contributed by atoms with Gasteiger partial charge in [0.25, 0.3) is 11.7 Å². The van der Waals surface area contributed by atoms with Gasteiger partial charge >= 0.3 is 0 Å². The molecular weight excluding hydrogens is 218 g/mol. The van der Waals surface area contributed by atoms with Crippen LogP contribution in [0.1, 0.15) is 30.1 Å². The van der Waals surface area contributed by atoms with Gasteiger partial charge in [-0.15, -0.1) is 0 Å². The summed E-state index contributed by atoms with van der Waals surface area (Å²) in [7, 11) is 0. The van der Waals surface area contributed by atoms with Crippen molar-refractivity contribution in [2.45, 2.75) is 19.8 Å². The summed E-state index contributed by atoms with van der Waals surface area (Å²) in [6, 6.07) is 6.87. The number of ketones is 2. The molecule has 0 aliphatic carbocycles. The van der Waals surface area contributed by atoms with E-state index in [9.17, 15) is 14.4 Å². The Kier molecular flexibility index (Phi) is 3.04. The molecule has 0 atom stereocenters. The van der Waals surface area contributed by atoms with Crippen molar-refractivity contribution in [2.75, 3.05) is 11.4 Å². The van der Waals surface area contributed by atoms with Crippen molar-refractivity contribution < 1.29 is 14.4 Å². The van der Waals surface area contributed by atoms with Crippen LogP contribution in [0, 0.1) is 0 Å². The second-order valence-electron chi connectivity index (χ2n) is 3.95. The van der Waals surface area contributed by atoms with E-state index in [1.54, 1.807) is 31.2 Å². The number of para-hydroxylation sites is 1. The van der Waals surface area contributed by atoms with E-state index < -0.39 is 11.7 Å². The minimum Gasteiger partial charge on any atom is -0.304 e. The molecule has 1 aliphatic rings. The third kappa shape index (κ3) is 1.98.